The Bertz CT molecular complexity index is 3140. The number of aryl methyl sites for hydroxylation is 2. The van der Waals surface area contributed by atoms with E-state index in [0.717, 1.165) is 71.6 Å². The van der Waals surface area contributed by atoms with Crippen LogP contribution in [0.1, 0.15) is 70.9 Å². The minimum absolute atomic E-state index is 0.176. The Balaban J connectivity index is 1.04. The Hall–Kier alpha value is -6.84. The molecule has 0 fully saturated rings. The van der Waals surface area contributed by atoms with Crippen LogP contribution in [0.5, 0.6) is 23.0 Å². The van der Waals surface area contributed by atoms with Gasteiger partial charge in [-0.3, -0.25) is 0 Å². The third-order valence-electron chi connectivity index (χ3n) is 13.7. The molecule has 2 aliphatic carbocycles. The second kappa shape index (κ2) is 13.4. The summed E-state index contributed by atoms with van der Waals surface area (Å²) >= 11 is 0. The van der Waals surface area contributed by atoms with Gasteiger partial charge in [0.05, 0.1) is 0 Å². The zero-order valence-corrected chi connectivity index (χ0v) is 32.7. The lowest BCUT2D eigenvalue weighted by atomic mass is 9.76. The minimum atomic E-state index is 0.176. The van der Waals surface area contributed by atoms with Crippen molar-refractivity contribution in [1.29, 1.82) is 0 Å². The number of hydrogen-bond acceptors (Lipinski definition) is 3. The third kappa shape index (κ3) is 5.41. The molecule has 0 amide bonds. The van der Waals surface area contributed by atoms with Gasteiger partial charge in [0.1, 0.15) is 23.0 Å². The van der Waals surface area contributed by atoms with Crippen LogP contribution in [0, 0.1) is 0 Å². The van der Waals surface area contributed by atoms with Crippen LogP contribution >= 0.6 is 0 Å². The monoisotopic (exact) mass is 762 g/mol. The molecule has 284 valence electrons. The van der Waals surface area contributed by atoms with Gasteiger partial charge in [0.15, 0.2) is 0 Å². The van der Waals surface area contributed by atoms with Crippen LogP contribution in [0.15, 0.2) is 158 Å². The topological polar surface area (TPSA) is 49.7 Å². The zero-order chi connectivity index (χ0) is 39.2. The first kappa shape index (κ1) is 34.2. The zero-order valence-electron chi connectivity index (χ0n) is 32.7. The number of hydrogen-bond donors (Lipinski definition) is 2. The van der Waals surface area contributed by atoms with Crippen molar-refractivity contribution in [2.24, 2.45) is 0 Å². The highest BCUT2D eigenvalue weighted by atomic mass is 16.5. The van der Waals surface area contributed by atoms with Crippen molar-refractivity contribution in [3.63, 3.8) is 0 Å². The first-order chi connectivity index (χ1) is 29.1. The highest BCUT2D eigenvalue weighted by Gasteiger charge is 2.31. The van der Waals surface area contributed by atoms with Gasteiger partial charge in [-0.25, -0.2) is 0 Å². The number of fused-ring (bicyclic) bond motifs is 12. The quantitative estimate of drug-likeness (QED) is 0.176. The summed E-state index contributed by atoms with van der Waals surface area (Å²) in [6, 6.07) is 56.2. The molecular weight excluding hydrogens is 721 g/mol. The van der Waals surface area contributed by atoms with Gasteiger partial charge in [-0.15, -0.1) is 0 Å². The molecule has 10 aromatic rings. The van der Waals surface area contributed by atoms with E-state index in [1.54, 1.807) is 12.1 Å². The average Bonchev–Trinajstić information content (AvgIpc) is 3.28. The van der Waals surface area contributed by atoms with Crippen LogP contribution in [-0.2, 0) is 12.8 Å². The van der Waals surface area contributed by atoms with E-state index in [4.69, 9.17) is 4.74 Å². The van der Waals surface area contributed by atoms with Gasteiger partial charge >= 0.3 is 0 Å². The van der Waals surface area contributed by atoms with Crippen molar-refractivity contribution in [2.45, 2.75) is 50.4 Å². The van der Waals surface area contributed by atoms with Gasteiger partial charge in [0.25, 0.3) is 0 Å². The summed E-state index contributed by atoms with van der Waals surface area (Å²) in [4.78, 5) is 0. The molecule has 0 aromatic heterocycles. The Labute approximate surface area is 342 Å². The van der Waals surface area contributed by atoms with Crippen LogP contribution in [0.3, 0.4) is 0 Å². The summed E-state index contributed by atoms with van der Waals surface area (Å²) in [6.07, 6.45) is 6.37. The molecule has 0 aliphatic heterocycles. The lowest BCUT2D eigenvalue weighted by molar-refractivity contribution is 0.466. The number of benzene rings is 10. The fourth-order valence-electron chi connectivity index (χ4n) is 11.0. The van der Waals surface area contributed by atoms with E-state index in [-0.39, 0.29) is 11.8 Å². The molecule has 2 unspecified atom stereocenters. The number of aromatic hydroxyl groups is 2. The Morgan fingerprint density at radius 1 is 0.356 bits per heavy atom. The Morgan fingerprint density at radius 2 is 0.763 bits per heavy atom. The van der Waals surface area contributed by atoms with Crippen molar-refractivity contribution in [1.82, 2.24) is 0 Å². The second-order valence-electron chi connectivity index (χ2n) is 16.8. The maximum atomic E-state index is 10.2. The van der Waals surface area contributed by atoms with Crippen molar-refractivity contribution >= 4 is 64.6 Å². The number of phenolic OH excluding ortho intramolecular Hbond substituents is 2. The minimum Gasteiger partial charge on any atom is -0.508 e. The van der Waals surface area contributed by atoms with Crippen LogP contribution in [-0.4, -0.2) is 10.2 Å². The van der Waals surface area contributed by atoms with Crippen LogP contribution < -0.4 is 4.74 Å². The number of ether oxygens (including phenoxy) is 1. The summed E-state index contributed by atoms with van der Waals surface area (Å²) in [6.45, 7) is 0. The van der Waals surface area contributed by atoms with Gasteiger partial charge in [0, 0.05) is 33.7 Å². The van der Waals surface area contributed by atoms with E-state index >= 15 is 0 Å². The Kier molecular flexibility index (Phi) is 7.75. The first-order valence-electron chi connectivity index (χ1n) is 21.1. The molecule has 0 spiro atoms. The molecular formula is C56H42O3. The van der Waals surface area contributed by atoms with E-state index in [1.165, 1.54) is 76.5 Å². The molecule has 3 heteroatoms. The van der Waals surface area contributed by atoms with E-state index in [2.05, 4.69) is 133 Å². The number of rotatable bonds is 4. The van der Waals surface area contributed by atoms with Crippen molar-refractivity contribution in [3.05, 3.63) is 191 Å². The first-order valence-corrected chi connectivity index (χ1v) is 21.1. The Morgan fingerprint density at radius 3 is 1.25 bits per heavy atom. The van der Waals surface area contributed by atoms with Gasteiger partial charge in [-0.05, 0) is 139 Å². The molecule has 59 heavy (non-hydrogen) atoms. The van der Waals surface area contributed by atoms with Crippen molar-refractivity contribution < 1.29 is 14.9 Å². The van der Waals surface area contributed by atoms with Gasteiger partial charge in [-0.1, -0.05) is 133 Å². The third-order valence-corrected chi connectivity index (χ3v) is 13.7. The molecule has 12 rings (SSSR count). The van der Waals surface area contributed by atoms with E-state index in [0.29, 0.717) is 11.5 Å². The SMILES string of the molecule is Oc1ccc2c(ccc3c4c(ccc32)C(c2ccc3ccccc3c2Oc2c(C3CCCc5c3ccc3c5ccc5cc(O)ccc53)ccc3ccccc23)CCC4)c1. The summed E-state index contributed by atoms with van der Waals surface area (Å²) < 4.78 is 7.67. The molecule has 10 aromatic carbocycles. The van der Waals surface area contributed by atoms with Crippen molar-refractivity contribution in [3.8, 4) is 23.0 Å². The van der Waals surface area contributed by atoms with Crippen molar-refractivity contribution in [2.75, 3.05) is 0 Å². The molecule has 0 radical (unpaired) electrons. The fourth-order valence-corrected chi connectivity index (χ4v) is 11.0. The summed E-state index contributed by atoms with van der Waals surface area (Å²) in [5.74, 6) is 2.86. The summed E-state index contributed by atoms with van der Waals surface area (Å²) in [7, 11) is 0. The molecule has 0 saturated carbocycles. The standard InChI is InChI=1S/C56H42O3/c57-37-19-25-39-35(31-37)17-21-49-43-11-5-13-45(51(43)29-27-47(39)49)53-23-15-33-7-1-3-9-41(33)55(53)59-56-42-10-4-2-8-34(42)16-24-54(56)46-14-6-12-44-50-22-18-36-32-38(58)20-26-40(36)48(50)28-30-52(44)46/h1-4,7-10,15-32,45-46,57-58H,5-6,11-14H2. The summed E-state index contributed by atoms with van der Waals surface area (Å²) in [5, 5.41) is 34.6. The average molecular weight is 763 g/mol. The van der Waals surface area contributed by atoms with E-state index in [1.807, 2.05) is 12.1 Å². The van der Waals surface area contributed by atoms with Gasteiger partial charge in [0.2, 0.25) is 0 Å². The smallest absolute Gasteiger partial charge is 0.139 e. The maximum absolute atomic E-state index is 10.2. The molecule has 2 aliphatic rings. The van der Waals surface area contributed by atoms with Crippen LogP contribution in [0.25, 0.3) is 64.6 Å². The fraction of sp³-hybridized carbons (Fsp3) is 0.143. The molecule has 0 bridgehead atoms. The second-order valence-corrected chi connectivity index (χ2v) is 16.8. The highest BCUT2D eigenvalue weighted by Crippen LogP contribution is 2.51. The predicted molar refractivity (Wildman–Crippen MR) is 244 cm³/mol. The molecule has 3 nitrogen and oxygen atoms in total. The number of phenols is 2. The molecule has 2 N–H and O–H groups in total. The van der Waals surface area contributed by atoms with Crippen LogP contribution in [0.4, 0.5) is 0 Å². The van der Waals surface area contributed by atoms with Gasteiger partial charge in [-0.2, -0.15) is 0 Å². The van der Waals surface area contributed by atoms with E-state index < -0.39 is 0 Å². The molecule has 0 heterocycles. The highest BCUT2D eigenvalue weighted by molar-refractivity contribution is 6.10. The van der Waals surface area contributed by atoms with Crippen LogP contribution in [0.2, 0.25) is 0 Å². The lowest BCUT2D eigenvalue weighted by Crippen LogP contribution is -2.14. The normalized spacial score (nSPS) is 16.5. The van der Waals surface area contributed by atoms with Gasteiger partial charge < -0.3 is 14.9 Å². The maximum Gasteiger partial charge on any atom is 0.139 e. The largest absolute Gasteiger partial charge is 0.508 e. The molecule has 0 saturated heterocycles. The summed E-state index contributed by atoms with van der Waals surface area (Å²) in [5.41, 5.74) is 8.10. The lowest BCUT2D eigenvalue weighted by Gasteiger charge is -2.31. The molecule has 2 atom stereocenters. The van der Waals surface area contributed by atoms with E-state index in [9.17, 15) is 10.2 Å². The predicted octanol–water partition coefficient (Wildman–Crippen LogP) is 14.7.